The number of nitrogens with one attached hydrogen (secondary N) is 1. The lowest BCUT2D eigenvalue weighted by atomic mass is 10.1. The molecular formula is C29H29ClN4O8S. The predicted molar refractivity (Wildman–Crippen MR) is 158 cm³/mol. The molecule has 0 saturated heterocycles. The molecule has 0 fully saturated rings. The Hall–Kier alpha value is -4.36. The van der Waals surface area contributed by atoms with Crippen LogP contribution in [0.1, 0.15) is 48.3 Å². The molecular weight excluding hydrogens is 600 g/mol. The van der Waals surface area contributed by atoms with Gasteiger partial charge in [0.05, 0.1) is 33.4 Å². The summed E-state index contributed by atoms with van der Waals surface area (Å²) in [5.74, 6) is -0.927. The first-order valence-electron chi connectivity index (χ1n) is 13.6. The molecule has 1 atom stereocenters. The summed E-state index contributed by atoms with van der Waals surface area (Å²) in [5.41, 5.74) is 1.58. The van der Waals surface area contributed by atoms with Gasteiger partial charge in [0, 0.05) is 13.5 Å². The number of hydrogen-bond donors (Lipinski definition) is 1. The van der Waals surface area contributed by atoms with Gasteiger partial charge in [0.25, 0.3) is 10.0 Å². The van der Waals surface area contributed by atoms with Gasteiger partial charge in [-0.2, -0.15) is 0 Å². The zero-order chi connectivity index (χ0) is 30.9. The molecule has 2 aromatic carbocycles. The number of sulfonamides is 1. The number of aryl methyl sites for hydroxylation is 2. The van der Waals surface area contributed by atoms with E-state index in [1.807, 2.05) is 12.1 Å². The summed E-state index contributed by atoms with van der Waals surface area (Å²) in [6.07, 6.45) is 0.0148. The second-order valence-corrected chi connectivity index (χ2v) is 12.1. The van der Waals surface area contributed by atoms with E-state index in [4.69, 9.17) is 21.1 Å². The molecule has 0 radical (unpaired) electrons. The number of pyridine rings is 1. The molecule has 4 aromatic rings. The summed E-state index contributed by atoms with van der Waals surface area (Å²) in [4.78, 5) is 44.6. The highest BCUT2D eigenvalue weighted by molar-refractivity contribution is 7.92. The Morgan fingerprint density at radius 1 is 1.09 bits per heavy atom. The van der Waals surface area contributed by atoms with Crippen molar-refractivity contribution in [2.75, 3.05) is 17.5 Å². The Bertz CT molecular complexity index is 1890. The summed E-state index contributed by atoms with van der Waals surface area (Å²) in [6.45, 7) is 4.97. The van der Waals surface area contributed by atoms with E-state index < -0.39 is 34.1 Å². The maximum Gasteiger partial charge on any atom is 0.511 e. The van der Waals surface area contributed by atoms with Gasteiger partial charge in [-0.15, -0.1) is 0 Å². The van der Waals surface area contributed by atoms with E-state index in [1.165, 1.54) is 35.5 Å². The molecule has 1 aliphatic heterocycles. The van der Waals surface area contributed by atoms with Crippen molar-refractivity contribution in [3.05, 3.63) is 80.9 Å². The third-order valence-corrected chi connectivity index (χ3v) is 9.04. The van der Waals surface area contributed by atoms with E-state index in [-0.39, 0.29) is 33.6 Å². The van der Waals surface area contributed by atoms with Gasteiger partial charge in [0.2, 0.25) is 6.29 Å². The van der Waals surface area contributed by atoms with Crippen LogP contribution in [-0.4, -0.2) is 54.5 Å². The zero-order valence-electron chi connectivity index (χ0n) is 23.6. The van der Waals surface area contributed by atoms with E-state index in [1.54, 1.807) is 26.0 Å². The van der Waals surface area contributed by atoms with Crippen molar-refractivity contribution in [2.24, 2.45) is 0 Å². The highest BCUT2D eigenvalue weighted by Crippen LogP contribution is 2.33. The maximum atomic E-state index is 14.0. The number of carbonyl (C=O) groups is 2. The van der Waals surface area contributed by atoms with Crippen molar-refractivity contribution in [3.8, 4) is 5.69 Å². The van der Waals surface area contributed by atoms with Crippen LogP contribution < -0.4 is 9.99 Å². The quantitative estimate of drug-likeness (QED) is 0.223. The normalized spacial score (nSPS) is 14.1. The van der Waals surface area contributed by atoms with Crippen LogP contribution in [0.5, 0.6) is 0 Å². The average molecular weight is 629 g/mol. The molecule has 14 heteroatoms. The van der Waals surface area contributed by atoms with Crippen LogP contribution >= 0.6 is 11.6 Å². The number of fused-ring (bicyclic) bond motifs is 2. The minimum absolute atomic E-state index is 0.0208. The SMILES string of the molecule is CCOC(=O)OC(C)OC(=O)c1cc(C)c2[nH]c(=O)n(-c3cc(S(=O)(=O)N4CCCCc5ccccc54)ccc3Cl)c2n1. The Balaban J connectivity index is 1.55. The van der Waals surface area contributed by atoms with Crippen LogP contribution in [0.25, 0.3) is 16.9 Å². The van der Waals surface area contributed by atoms with Crippen molar-refractivity contribution in [1.29, 1.82) is 0 Å². The topological polar surface area (TPSA) is 150 Å². The van der Waals surface area contributed by atoms with Crippen molar-refractivity contribution < 1.29 is 32.2 Å². The number of rotatable bonds is 7. The molecule has 0 spiro atoms. The number of hydrogen-bond acceptors (Lipinski definition) is 9. The maximum absolute atomic E-state index is 14.0. The van der Waals surface area contributed by atoms with E-state index in [9.17, 15) is 22.8 Å². The number of benzene rings is 2. The molecule has 226 valence electrons. The van der Waals surface area contributed by atoms with Crippen LogP contribution in [0.2, 0.25) is 5.02 Å². The summed E-state index contributed by atoms with van der Waals surface area (Å²) in [7, 11) is -4.05. The predicted octanol–water partition coefficient (Wildman–Crippen LogP) is 4.88. The Morgan fingerprint density at radius 3 is 2.63 bits per heavy atom. The monoisotopic (exact) mass is 628 g/mol. The number of anilines is 1. The number of ether oxygens (including phenoxy) is 3. The third kappa shape index (κ3) is 5.95. The summed E-state index contributed by atoms with van der Waals surface area (Å²) in [5, 5.41) is 0.0853. The number of halogens is 1. The van der Waals surface area contributed by atoms with E-state index in [0.29, 0.717) is 29.7 Å². The van der Waals surface area contributed by atoms with Gasteiger partial charge >= 0.3 is 17.8 Å². The van der Waals surface area contributed by atoms with Crippen molar-refractivity contribution >= 4 is 50.6 Å². The fourth-order valence-corrected chi connectivity index (χ4v) is 6.70. The van der Waals surface area contributed by atoms with Crippen LogP contribution in [0.4, 0.5) is 10.5 Å². The Kier molecular flexibility index (Phi) is 8.47. The highest BCUT2D eigenvalue weighted by atomic mass is 35.5. The number of esters is 1. The van der Waals surface area contributed by atoms with Crippen LogP contribution in [0, 0.1) is 6.92 Å². The van der Waals surface area contributed by atoms with Crippen molar-refractivity contribution in [3.63, 3.8) is 0 Å². The molecule has 0 saturated carbocycles. The highest BCUT2D eigenvalue weighted by Gasteiger charge is 2.29. The van der Waals surface area contributed by atoms with E-state index in [0.717, 1.165) is 23.0 Å². The van der Waals surface area contributed by atoms with Crippen molar-refractivity contribution in [1.82, 2.24) is 14.5 Å². The second-order valence-electron chi connectivity index (χ2n) is 9.84. The van der Waals surface area contributed by atoms with Crippen LogP contribution in [0.15, 0.2) is 58.2 Å². The Morgan fingerprint density at radius 2 is 1.86 bits per heavy atom. The van der Waals surface area contributed by atoms with E-state index in [2.05, 4.69) is 14.7 Å². The summed E-state index contributed by atoms with van der Waals surface area (Å²) >= 11 is 6.53. The lowest BCUT2D eigenvalue weighted by Crippen LogP contribution is -2.32. The molecule has 12 nitrogen and oxygen atoms in total. The molecule has 5 rings (SSSR count). The lowest BCUT2D eigenvalue weighted by Gasteiger charge is -2.25. The van der Waals surface area contributed by atoms with Gasteiger partial charge in [-0.3, -0.25) is 4.31 Å². The molecule has 0 bridgehead atoms. The summed E-state index contributed by atoms with van der Waals surface area (Å²) < 4.78 is 45.1. The minimum atomic E-state index is -4.05. The zero-order valence-corrected chi connectivity index (χ0v) is 25.2. The van der Waals surface area contributed by atoms with Gasteiger partial charge in [-0.1, -0.05) is 29.8 Å². The molecule has 1 aliphatic rings. The van der Waals surface area contributed by atoms with Gasteiger partial charge in [0.1, 0.15) is 0 Å². The average Bonchev–Trinajstić information content (AvgIpc) is 3.14. The van der Waals surface area contributed by atoms with Gasteiger partial charge in [0.15, 0.2) is 11.3 Å². The number of aromatic nitrogens is 3. The number of aromatic amines is 1. The Labute approximate surface area is 252 Å². The standard InChI is InChI=1S/C29H29ClN4O8S/c1-4-40-29(37)42-18(3)41-27(35)22-15-17(2)25-26(31-22)34(28(36)32-25)24-16-20(12-13-21(24)30)43(38,39)33-14-8-7-10-19-9-5-6-11-23(19)33/h5-6,9,11-13,15-16,18H,4,7-8,10,14H2,1-3H3,(H,32,36). The first-order chi connectivity index (χ1) is 20.5. The smallest absolute Gasteiger partial charge is 0.435 e. The number of H-pyrrole nitrogens is 1. The third-order valence-electron chi connectivity index (χ3n) is 6.91. The molecule has 1 unspecified atom stereocenters. The number of nitrogens with zero attached hydrogens (tertiary/aromatic N) is 3. The van der Waals surface area contributed by atoms with E-state index >= 15 is 0 Å². The first-order valence-corrected chi connectivity index (χ1v) is 15.4. The number of para-hydroxylation sites is 1. The molecule has 0 amide bonds. The van der Waals surface area contributed by atoms with Crippen LogP contribution in [-0.2, 0) is 30.7 Å². The molecule has 0 aliphatic carbocycles. The molecule has 3 heterocycles. The molecule has 2 aromatic heterocycles. The lowest BCUT2D eigenvalue weighted by molar-refractivity contribution is -0.0814. The fraction of sp³-hybridized carbons (Fsp3) is 0.310. The van der Waals surface area contributed by atoms with Gasteiger partial charge < -0.3 is 19.2 Å². The van der Waals surface area contributed by atoms with Crippen molar-refractivity contribution in [2.45, 2.75) is 51.2 Å². The minimum Gasteiger partial charge on any atom is -0.435 e. The number of carbonyl (C=O) groups excluding carboxylic acids is 2. The summed E-state index contributed by atoms with van der Waals surface area (Å²) in [6, 6.07) is 12.9. The second kappa shape index (κ2) is 12.1. The van der Waals surface area contributed by atoms with Gasteiger partial charge in [-0.05, 0) is 74.6 Å². The molecule has 43 heavy (non-hydrogen) atoms. The fourth-order valence-electron chi connectivity index (χ4n) is 4.94. The largest absolute Gasteiger partial charge is 0.511 e. The first kappa shape index (κ1) is 30.1. The van der Waals surface area contributed by atoms with Crippen LogP contribution in [0.3, 0.4) is 0 Å². The molecule has 1 N–H and O–H groups in total. The number of imidazole rings is 1. The van der Waals surface area contributed by atoms with Gasteiger partial charge in [-0.25, -0.2) is 32.4 Å².